The molecule has 4 nitrogen and oxygen atoms in total. The number of halogens is 2. The summed E-state index contributed by atoms with van der Waals surface area (Å²) >= 11 is 0. The Morgan fingerprint density at radius 2 is 1.88 bits per heavy atom. The van der Waals surface area contributed by atoms with Crippen molar-refractivity contribution in [2.45, 2.75) is 18.9 Å². The van der Waals surface area contributed by atoms with Gasteiger partial charge >= 0.3 is 0 Å². The van der Waals surface area contributed by atoms with Crippen LogP contribution in [0.5, 0.6) is 5.75 Å². The normalized spacial score (nSPS) is 25.2. The van der Waals surface area contributed by atoms with Crippen LogP contribution in [-0.2, 0) is 0 Å². The standard InChI is InChI=1S/C20H20F2N2O2/c21-17-5-4-15(9-18(17)22)26-16-7-13-10-24(11-14(13)8-16)12-20(25)19-3-1-2-6-23-19/h1-6,9,13-14,16H,7-8,10-12H2/t13-,14?,16?/m0/s1. The first-order valence-corrected chi connectivity index (χ1v) is 8.87. The van der Waals surface area contributed by atoms with Gasteiger partial charge in [-0.2, -0.15) is 0 Å². The van der Waals surface area contributed by atoms with E-state index in [-0.39, 0.29) is 11.9 Å². The van der Waals surface area contributed by atoms with E-state index in [0.29, 0.717) is 29.8 Å². The maximum Gasteiger partial charge on any atom is 0.195 e. The third kappa shape index (κ3) is 3.60. The summed E-state index contributed by atoms with van der Waals surface area (Å²) in [5.74, 6) is -0.395. The number of benzene rings is 1. The molecular weight excluding hydrogens is 338 g/mol. The van der Waals surface area contributed by atoms with E-state index >= 15 is 0 Å². The highest BCUT2D eigenvalue weighted by molar-refractivity contribution is 5.95. The van der Waals surface area contributed by atoms with E-state index < -0.39 is 11.6 Å². The summed E-state index contributed by atoms with van der Waals surface area (Å²) in [4.78, 5) is 18.6. The molecule has 136 valence electrons. The second-order valence-electron chi connectivity index (χ2n) is 7.14. The van der Waals surface area contributed by atoms with Gasteiger partial charge in [0, 0.05) is 25.4 Å². The summed E-state index contributed by atoms with van der Waals surface area (Å²) in [6.45, 7) is 2.11. The van der Waals surface area contributed by atoms with E-state index in [2.05, 4.69) is 9.88 Å². The van der Waals surface area contributed by atoms with Crippen LogP contribution >= 0.6 is 0 Å². The molecule has 0 bridgehead atoms. The number of ether oxygens (including phenoxy) is 1. The second kappa shape index (κ2) is 7.11. The molecule has 1 aliphatic carbocycles. The molecule has 3 atom stereocenters. The largest absolute Gasteiger partial charge is 0.490 e. The summed E-state index contributed by atoms with van der Waals surface area (Å²) in [7, 11) is 0. The van der Waals surface area contributed by atoms with Crippen LogP contribution in [0.1, 0.15) is 23.3 Å². The lowest BCUT2D eigenvalue weighted by Crippen LogP contribution is -2.30. The SMILES string of the molecule is O=C(CN1CC2CC(Oc3ccc(F)c(F)c3)C[C@H]2C1)c1ccccn1. The molecule has 0 amide bonds. The van der Waals surface area contributed by atoms with Crippen molar-refractivity contribution in [3.05, 3.63) is 59.9 Å². The molecule has 1 aromatic heterocycles. The number of ketones is 1. The highest BCUT2D eigenvalue weighted by atomic mass is 19.2. The van der Waals surface area contributed by atoms with Crippen LogP contribution in [0.3, 0.4) is 0 Å². The Kier molecular flexibility index (Phi) is 4.68. The van der Waals surface area contributed by atoms with E-state index in [0.717, 1.165) is 38.1 Å². The van der Waals surface area contributed by atoms with Crippen molar-refractivity contribution in [2.75, 3.05) is 19.6 Å². The predicted octanol–water partition coefficient (Wildman–Crippen LogP) is 3.33. The molecule has 26 heavy (non-hydrogen) atoms. The van der Waals surface area contributed by atoms with Crippen molar-refractivity contribution in [3.63, 3.8) is 0 Å². The van der Waals surface area contributed by atoms with Crippen LogP contribution in [0.4, 0.5) is 8.78 Å². The van der Waals surface area contributed by atoms with E-state index in [1.54, 1.807) is 18.3 Å². The summed E-state index contributed by atoms with van der Waals surface area (Å²) in [6.07, 6.45) is 3.39. The van der Waals surface area contributed by atoms with Gasteiger partial charge in [0.1, 0.15) is 11.4 Å². The summed E-state index contributed by atoms with van der Waals surface area (Å²) in [6, 6.07) is 9.01. The second-order valence-corrected chi connectivity index (χ2v) is 7.14. The number of carbonyl (C=O) groups is 1. The van der Waals surface area contributed by atoms with Gasteiger partial charge in [0.25, 0.3) is 0 Å². The Morgan fingerprint density at radius 1 is 1.12 bits per heavy atom. The third-order valence-electron chi connectivity index (χ3n) is 5.29. The van der Waals surface area contributed by atoms with Gasteiger partial charge in [-0.15, -0.1) is 0 Å². The van der Waals surface area contributed by atoms with Crippen LogP contribution in [0.15, 0.2) is 42.6 Å². The third-order valence-corrected chi connectivity index (χ3v) is 5.29. The van der Waals surface area contributed by atoms with E-state index in [4.69, 9.17) is 4.74 Å². The summed E-state index contributed by atoms with van der Waals surface area (Å²) in [5, 5.41) is 0. The number of rotatable bonds is 5. The number of carbonyl (C=O) groups excluding carboxylic acids is 1. The van der Waals surface area contributed by atoms with Crippen molar-refractivity contribution < 1.29 is 18.3 Å². The Hall–Kier alpha value is -2.34. The van der Waals surface area contributed by atoms with Crippen molar-refractivity contribution in [1.29, 1.82) is 0 Å². The first-order chi connectivity index (χ1) is 12.6. The molecule has 1 aromatic carbocycles. The van der Waals surface area contributed by atoms with Gasteiger partial charge < -0.3 is 4.74 Å². The minimum Gasteiger partial charge on any atom is -0.490 e. The fraction of sp³-hybridized carbons (Fsp3) is 0.400. The number of hydrogen-bond donors (Lipinski definition) is 0. The molecule has 0 radical (unpaired) electrons. The zero-order chi connectivity index (χ0) is 18.1. The first kappa shape index (κ1) is 17.1. The van der Waals surface area contributed by atoms with Crippen LogP contribution in [0.25, 0.3) is 0 Å². The van der Waals surface area contributed by atoms with Crippen molar-refractivity contribution in [3.8, 4) is 5.75 Å². The Labute approximate surface area is 150 Å². The molecule has 0 N–H and O–H groups in total. The summed E-state index contributed by atoms with van der Waals surface area (Å²) < 4.78 is 32.1. The predicted molar refractivity (Wildman–Crippen MR) is 92.0 cm³/mol. The van der Waals surface area contributed by atoms with Gasteiger partial charge in [-0.25, -0.2) is 8.78 Å². The highest BCUT2D eigenvalue weighted by Crippen LogP contribution is 2.39. The molecule has 2 aliphatic rings. The van der Waals surface area contributed by atoms with Crippen LogP contribution in [-0.4, -0.2) is 41.4 Å². The Morgan fingerprint density at radius 3 is 2.54 bits per heavy atom. The van der Waals surface area contributed by atoms with Gasteiger partial charge in [0.2, 0.25) is 0 Å². The average Bonchev–Trinajstić information content (AvgIpc) is 3.16. The van der Waals surface area contributed by atoms with Gasteiger partial charge in [0.05, 0.1) is 12.6 Å². The van der Waals surface area contributed by atoms with Crippen molar-refractivity contribution >= 4 is 5.78 Å². The molecular formula is C20H20F2N2O2. The van der Waals surface area contributed by atoms with Gasteiger partial charge in [-0.3, -0.25) is 14.7 Å². The van der Waals surface area contributed by atoms with E-state index in [1.807, 2.05) is 6.07 Å². The van der Waals surface area contributed by atoms with Crippen molar-refractivity contribution in [2.24, 2.45) is 11.8 Å². The lowest BCUT2D eigenvalue weighted by atomic mass is 10.0. The number of likely N-dealkylation sites (tertiary alicyclic amines) is 1. The van der Waals surface area contributed by atoms with E-state index in [9.17, 15) is 13.6 Å². The molecule has 1 aliphatic heterocycles. The molecule has 6 heteroatoms. The van der Waals surface area contributed by atoms with Crippen LogP contribution in [0, 0.1) is 23.5 Å². The number of fused-ring (bicyclic) bond motifs is 1. The maximum absolute atomic E-state index is 13.3. The lowest BCUT2D eigenvalue weighted by Gasteiger charge is -2.19. The highest BCUT2D eigenvalue weighted by Gasteiger charge is 2.42. The molecule has 1 saturated carbocycles. The number of pyridine rings is 1. The topological polar surface area (TPSA) is 42.4 Å². The maximum atomic E-state index is 13.3. The van der Waals surface area contributed by atoms with E-state index in [1.165, 1.54) is 6.07 Å². The minimum atomic E-state index is -0.889. The van der Waals surface area contributed by atoms with Crippen LogP contribution in [0.2, 0.25) is 0 Å². The van der Waals surface area contributed by atoms with Crippen LogP contribution < -0.4 is 4.74 Å². The number of hydrogen-bond acceptors (Lipinski definition) is 4. The average molecular weight is 358 g/mol. The molecule has 2 unspecified atom stereocenters. The number of nitrogens with zero attached hydrogens (tertiary/aromatic N) is 2. The smallest absolute Gasteiger partial charge is 0.195 e. The number of aromatic nitrogens is 1. The molecule has 2 fully saturated rings. The molecule has 4 rings (SSSR count). The van der Waals surface area contributed by atoms with Gasteiger partial charge in [0.15, 0.2) is 17.4 Å². The Balaban J connectivity index is 1.30. The Bertz CT molecular complexity index is 786. The molecule has 2 heterocycles. The minimum absolute atomic E-state index is 0.0171. The fourth-order valence-electron chi connectivity index (χ4n) is 4.12. The van der Waals surface area contributed by atoms with Crippen molar-refractivity contribution in [1.82, 2.24) is 9.88 Å². The first-order valence-electron chi connectivity index (χ1n) is 8.87. The zero-order valence-electron chi connectivity index (χ0n) is 14.3. The molecule has 1 saturated heterocycles. The lowest BCUT2D eigenvalue weighted by molar-refractivity contribution is 0.0932. The quantitative estimate of drug-likeness (QED) is 0.769. The fourth-order valence-corrected chi connectivity index (χ4v) is 4.12. The van der Waals surface area contributed by atoms with Gasteiger partial charge in [-0.1, -0.05) is 6.07 Å². The molecule has 2 aromatic rings. The van der Waals surface area contributed by atoms with Gasteiger partial charge in [-0.05, 0) is 48.9 Å². The monoisotopic (exact) mass is 358 g/mol. The summed E-state index contributed by atoms with van der Waals surface area (Å²) in [5.41, 5.74) is 0.504. The molecule has 0 spiro atoms. The number of Topliss-reactive ketones (excluding diaryl/α,β-unsaturated/α-hetero) is 1. The zero-order valence-corrected chi connectivity index (χ0v) is 14.3.